The number of Topliss-reactive ketones (excluding diaryl/α,β-unsaturated/α-hetero) is 1. The predicted molar refractivity (Wildman–Crippen MR) is 113 cm³/mol. The monoisotopic (exact) mass is 398 g/mol. The Morgan fingerprint density at radius 2 is 1.97 bits per heavy atom. The molecule has 1 heterocycles. The highest BCUT2D eigenvalue weighted by Crippen LogP contribution is 2.65. The highest BCUT2D eigenvalue weighted by molar-refractivity contribution is 5.82. The van der Waals surface area contributed by atoms with Gasteiger partial charge in [0.2, 0.25) is 0 Å². The number of ketones is 1. The van der Waals surface area contributed by atoms with Gasteiger partial charge in [0.1, 0.15) is 0 Å². The molecular weight excluding hydrogens is 360 g/mol. The van der Waals surface area contributed by atoms with Crippen molar-refractivity contribution in [2.45, 2.75) is 84.3 Å². The van der Waals surface area contributed by atoms with E-state index in [0.717, 1.165) is 30.6 Å². The normalized spacial score (nSPS) is 49.2. The molecule has 4 heteroatoms. The van der Waals surface area contributed by atoms with E-state index in [2.05, 4.69) is 25.9 Å². The van der Waals surface area contributed by atoms with E-state index in [1.54, 1.807) is 10.9 Å². The fraction of sp³-hybridized carbons (Fsp3) is 0.840. The molecule has 4 aliphatic rings. The van der Waals surface area contributed by atoms with E-state index in [9.17, 15) is 9.90 Å². The summed E-state index contributed by atoms with van der Waals surface area (Å²) in [6.07, 6.45) is 13.3. The molecule has 9 atom stereocenters. The van der Waals surface area contributed by atoms with Gasteiger partial charge in [0.15, 0.2) is 5.78 Å². The summed E-state index contributed by atoms with van der Waals surface area (Å²) in [7, 11) is 0. The molecule has 1 aromatic heterocycles. The third-order valence-electron chi connectivity index (χ3n) is 10.1. The molecule has 1 N–H and O–H groups in total. The van der Waals surface area contributed by atoms with E-state index in [1.165, 1.54) is 38.5 Å². The molecule has 0 aromatic carbocycles. The number of hydrogen-bond donors (Lipinski definition) is 1. The Kier molecular flexibility index (Phi) is 4.73. The minimum atomic E-state index is -0.478. The van der Waals surface area contributed by atoms with Gasteiger partial charge in [-0.3, -0.25) is 9.48 Å². The third-order valence-corrected chi connectivity index (χ3v) is 10.1. The third kappa shape index (κ3) is 3.12. The van der Waals surface area contributed by atoms with Crippen LogP contribution >= 0.6 is 0 Å². The maximum atomic E-state index is 13.2. The average Bonchev–Trinajstić information content (AvgIpc) is 3.29. The molecule has 1 aromatic rings. The average molecular weight is 399 g/mol. The molecule has 0 aliphatic heterocycles. The van der Waals surface area contributed by atoms with Crippen molar-refractivity contribution in [2.75, 3.05) is 0 Å². The van der Waals surface area contributed by atoms with Crippen molar-refractivity contribution in [3.8, 4) is 0 Å². The summed E-state index contributed by atoms with van der Waals surface area (Å²) in [5, 5.41) is 15.1. The molecule has 160 valence electrons. The number of fused-ring (bicyclic) bond motifs is 5. The summed E-state index contributed by atoms with van der Waals surface area (Å²) in [6.45, 7) is 7.19. The van der Waals surface area contributed by atoms with E-state index in [1.807, 2.05) is 12.3 Å². The lowest BCUT2D eigenvalue weighted by Gasteiger charge is -2.58. The van der Waals surface area contributed by atoms with Gasteiger partial charge in [-0.1, -0.05) is 13.8 Å². The van der Waals surface area contributed by atoms with Crippen LogP contribution in [0.5, 0.6) is 0 Å². The molecule has 5 rings (SSSR count). The number of carbonyl (C=O) groups is 1. The molecule has 1 unspecified atom stereocenters. The first-order valence-electron chi connectivity index (χ1n) is 12.0. The van der Waals surface area contributed by atoms with Crippen molar-refractivity contribution in [3.05, 3.63) is 18.5 Å². The van der Waals surface area contributed by atoms with Gasteiger partial charge < -0.3 is 5.11 Å². The van der Waals surface area contributed by atoms with Crippen molar-refractivity contribution in [3.63, 3.8) is 0 Å². The van der Waals surface area contributed by atoms with E-state index in [-0.39, 0.29) is 11.3 Å². The fourth-order valence-corrected chi connectivity index (χ4v) is 8.44. The SMILES string of the molecule is C[C@@H]1C[C@H]2[C@@H](CC[C@@H]3[C@@H]2CCC2(C)[C@@H](C(=O)Cn4cccn4)CC[C@@H]32)C[C@]1(C)O. The number of aromatic nitrogens is 2. The standard InChI is InChI=1S/C25H38N2O2/c1-16-13-20-17(14-25(16,3)29)5-6-19-18(20)9-10-24(2)21(19)7-8-22(24)23(28)15-27-12-4-11-26-27/h4,11-12,16-22,29H,5-10,13-15H2,1-3H3/t16-,17+,18+,19-,20+,21+,22-,24?,25+/m1/s1. The van der Waals surface area contributed by atoms with Crippen molar-refractivity contribution in [1.82, 2.24) is 9.78 Å². The molecule has 0 saturated heterocycles. The lowest BCUT2D eigenvalue weighted by molar-refractivity contribution is -0.137. The molecular formula is C25H38N2O2. The Bertz CT molecular complexity index is 757. The quantitative estimate of drug-likeness (QED) is 0.802. The summed E-state index contributed by atoms with van der Waals surface area (Å²) in [6, 6.07) is 1.90. The Labute approximate surface area is 175 Å². The van der Waals surface area contributed by atoms with E-state index in [4.69, 9.17) is 0 Å². The number of aliphatic hydroxyl groups is 1. The van der Waals surface area contributed by atoms with Crippen LogP contribution in [0.2, 0.25) is 0 Å². The Morgan fingerprint density at radius 3 is 2.72 bits per heavy atom. The predicted octanol–water partition coefficient (Wildman–Crippen LogP) is 4.72. The summed E-state index contributed by atoms with van der Waals surface area (Å²) in [4.78, 5) is 13.2. The smallest absolute Gasteiger partial charge is 0.157 e. The van der Waals surface area contributed by atoms with Gasteiger partial charge in [0.25, 0.3) is 0 Å². The van der Waals surface area contributed by atoms with Gasteiger partial charge in [-0.2, -0.15) is 5.10 Å². The highest BCUT2D eigenvalue weighted by Gasteiger charge is 2.59. The van der Waals surface area contributed by atoms with Gasteiger partial charge in [-0.05, 0) is 105 Å². The second-order valence-corrected chi connectivity index (χ2v) is 11.5. The molecule has 0 bridgehead atoms. The van der Waals surface area contributed by atoms with Crippen LogP contribution in [0.15, 0.2) is 18.5 Å². The molecule has 4 saturated carbocycles. The molecule has 4 fully saturated rings. The first-order valence-corrected chi connectivity index (χ1v) is 12.0. The first-order chi connectivity index (χ1) is 13.8. The number of rotatable bonds is 3. The van der Waals surface area contributed by atoms with Crippen LogP contribution in [0.1, 0.15) is 72.1 Å². The Balaban J connectivity index is 1.33. The van der Waals surface area contributed by atoms with Crippen molar-refractivity contribution in [2.24, 2.45) is 46.8 Å². The van der Waals surface area contributed by atoms with Gasteiger partial charge in [0, 0.05) is 18.3 Å². The van der Waals surface area contributed by atoms with Crippen LogP contribution in [0.4, 0.5) is 0 Å². The zero-order valence-corrected chi connectivity index (χ0v) is 18.4. The molecule has 0 spiro atoms. The minimum absolute atomic E-state index is 0.185. The second-order valence-electron chi connectivity index (χ2n) is 11.5. The lowest BCUT2D eigenvalue weighted by atomic mass is 9.48. The van der Waals surface area contributed by atoms with Crippen molar-refractivity contribution < 1.29 is 9.90 Å². The molecule has 29 heavy (non-hydrogen) atoms. The van der Waals surface area contributed by atoms with Crippen LogP contribution < -0.4 is 0 Å². The summed E-state index contributed by atoms with van der Waals surface area (Å²) < 4.78 is 1.80. The van der Waals surface area contributed by atoms with E-state index >= 15 is 0 Å². The van der Waals surface area contributed by atoms with Gasteiger partial charge in [0.05, 0.1) is 12.1 Å². The van der Waals surface area contributed by atoms with Gasteiger partial charge in [-0.25, -0.2) is 0 Å². The van der Waals surface area contributed by atoms with Gasteiger partial charge >= 0.3 is 0 Å². The minimum Gasteiger partial charge on any atom is -0.390 e. The fourth-order valence-electron chi connectivity index (χ4n) is 8.44. The maximum absolute atomic E-state index is 13.2. The van der Waals surface area contributed by atoms with E-state index in [0.29, 0.717) is 30.1 Å². The second kappa shape index (κ2) is 6.93. The molecule has 0 amide bonds. The maximum Gasteiger partial charge on any atom is 0.157 e. The van der Waals surface area contributed by atoms with Crippen molar-refractivity contribution >= 4 is 5.78 Å². The molecule has 0 radical (unpaired) electrons. The summed E-state index contributed by atoms with van der Waals surface area (Å²) >= 11 is 0. The number of hydrogen-bond acceptors (Lipinski definition) is 3. The summed E-state index contributed by atoms with van der Waals surface area (Å²) in [5.74, 6) is 4.86. The van der Waals surface area contributed by atoms with Crippen LogP contribution in [0.25, 0.3) is 0 Å². The van der Waals surface area contributed by atoms with Crippen molar-refractivity contribution in [1.29, 1.82) is 0 Å². The first kappa shape index (κ1) is 19.8. The highest BCUT2D eigenvalue weighted by atomic mass is 16.3. The zero-order chi connectivity index (χ0) is 20.4. The zero-order valence-electron chi connectivity index (χ0n) is 18.4. The summed E-state index contributed by atoms with van der Waals surface area (Å²) in [5.41, 5.74) is -0.293. The van der Waals surface area contributed by atoms with Crippen LogP contribution in [0, 0.1) is 46.8 Å². The lowest BCUT2D eigenvalue weighted by Crippen LogP contribution is -2.53. The van der Waals surface area contributed by atoms with Crippen LogP contribution in [0.3, 0.4) is 0 Å². The number of carbonyl (C=O) groups excluding carboxylic acids is 1. The van der Waals surface area contributed by atoms with Gasteiger partial charge in [-0.15, -0.1) is 0 Å². The largest absolute Gasteiger partial charge is 0.390 e. The van der Waals surface area contributed by atoms with E-state index < -0.39 is 5.60 Å². The Hall–Kier alpha value is -1.16. The molecule has 4 aliphatic carbocycles. The number of nitrogens with zero attached hydrogens (tertiary/aromatic N) is 2. The van der Waals surface area contributed by atoms with Crippen LogP contribution in [-0.2, 0) is 11.3 Å². The Morgan fingerprint density at radius 1 is 1.14 bits per heavy atom. The molecule has 4 nitrogen and oxygen atoms in total. The van der Waals surface area contributed by atoms with Crippen LogP contribution in [-0.4, -0.2) is 26.3 Å². The topological polar surface area (TPSA) is 55.1 Å².